The van der Waals surface area contributed by atoms with E-state index in [0.717, 1.165) is 18.8 Å². The predicted molar refractivity (Wildman–Crippen MR) is 81.2 cm³/mol. The van der Waals surface area contributed by atoms with Crippen LogP contribution in [0, 0.1) is 13.8 Å². The smallest absolute Gasteiger partial charge is 0.122 e. The summed E-state index contributed by atoms with van der Waals surface area (Å²) < 4.78 is 6.01. The first kappa shape index (κ1) is 12.6. The molecule has 0 saturated heterocycles. The largest absolute Gasteiger partial charge is 0.492 e. The number of hydrogen-bond acceptors (Lipinski definition) is 2. The summed E-state index contributed by atoms with van der Waals surface area (Å²) in [5, 5.41) is 0.539. The van der Waals surface area contributed by atoms with Gasteiger partial charge in [-0.2, -0.15) is 0 Å². The van der Waals surface area contributed by atoms with Gasteiger partial charge in [-0.3, -0.25) is 0 Å². The fraction of sp³-hybridized carbons (Fsp3) is 0.294. The number of hydrogen-bond donors (Lipinski definition) is 0. The number of benzene rings is 2. The normalized spacial score (nSPS) is 17.3. The molecule has 0 aromatic heterocycles. The van der Waals surface area contributed by atoms with Gasteiger partial charge in [0.2, 0.25) is 0 Å². The molecule has 0 saturated carbocycles. The van der Waals surface area contributed by atoms with Gasteiger partial charge >= 0.3 is 0 Å². The zero-order chi connectivity index (χ0) is 13.2. The highest BCUT2D eigenvalue weighted by atomic mass is 32.2. The van der Waals surface area contributed by atoms with Crippen molar-refractivity contribution < 1.29 is 4.74 Å². The average Bonchev–Trinajstić information content (AvgIpc) is 2.82. The van der Waals surface area contributed by atoms with Crippen molar-refractivity contribution in [2.75, 3.05) is 6.61 Å². The molecule has 0 bridgehead atoms. The lowest BCUT2D eigenvalue weighted by Crippen LogP contribution is -2.13. The van der Waals surface area contributed by atoms with Crippen molar-refractivity contribution in [1.82, 2.24) is 0 Å². The second-order valence-corrected chi connectivity index (χ2v) is 6.47. The standard InChI is InChI=1S/C17H18OS/c1-12-7-8-13(2)16(9-12)18-11-15-10-14-5-3-4-6-17(14)19-15/h3-9,15H,10-11H2,1-2H3. The Balaban J connectivity index is 1.64. The third kappa shape index (κ3) is 2.79. The third-order valence-corrected chi connectivity index (χ3v) is 4.77. The highest BCUT2D eigenvalue weighted by molar-refractivity contribution is 8.00. The molecule has 0 fully saturated rings. The highest BCUT2D eigenvalue weighted by Gasteiger charge is 2.22. The Kier molecular flexibility index (Phi) is 3.52. The van der Waals surface area contributed by atoms with Gasteiger partial charge in [-0.1, -0.05) is 30.3 Å². The Labute approximate surface area is 119 Å². The molecule has 1 aliphatic heterocycles. The Morgan fingerprint density at radius 3 is 2.84 bits per heavy atom. The summed E-state index contributed by atoms with van der Waals surface area (Å²) in [5.74, 6) is 1.02. The molecular formula is C17H18OS. The minimum Gasteiger partial charge on any atom is -0.492 e. The Morgan fingerprint density at radius 2 is 2.00 bits per heavy atom. The fourth-order valence-corrected chi connectivity index (χ4v) is 3.61. The van der Waals surface area contributed by atoms with Crippen LogP contribution in [-0.4, -0.2) is 11.9 Å². The van der Waals surface area contributed by atoms with E-state index in [0.29, 0.717) is 5.25 Å². The van der Waals surface area contributed by atoms with E-state index < -0.39 is 0 Å². The third-order valence-electron chi connectivity index (χ3n) is 3.48. The first-order chi connectivity index (χ1) is 9.22. The molecule has 0 aliphatic carbocycles. The number of aryl methyl sites for hydroxylation is 2. The van der Waals surface area contributed by atoms with Crippen LogP contribution in [0.1, 0.15) is 16.7 Å². The summed E-state index contributed by atoms with van der Waals surface area (Å²) in [5.41, 5.74) is 3.93. The lowest BCUT2D eigenvalue weighted by Gasteiger charge is -2.13. The second kappa shape index (κ2) is 5.30. The summed E-state index contributed by atoms with van der Waals surface area (Å²) in [6.07, 6.45) is 1.12. The minimum absolute atomic E-state index is 0.539. The van der Waals surface area contributed by atoms with E-state index in [2.05, 4.69) is 56.3 Å². The van der Waals surface area contributed by atoms with Gasteiger partial charge in [0.05, 0.1) is 0 Å². The zero-order valence-corrected chi connectivity index (χ0v) is 12.2. The maximum atomic E-state index is 6.01. The van der Waals surface area contributed by atoms with Gasteiger partial charge in [0.1, 0.15) is 12.4 Å². The summed E-state index contributed by atoms with van der Waals surface area (Å²) >= 11 is 1.94. The first-order valence-electron chi connectivity index (χ1n) is 6.67. The first-order valence-corrected chi connectivity index (χ1v) is 7.55. The maximum absolute atomic E-state index is 6.01. The summed E-state index contributed by atoms with van der Waals surface area (Å²) in [6, 6.07) is 15.0. The number of rotatable bonds is 3. The second-order valence-electron chi connectivity index (χ2n) is 5.13. The molecule has 2 aromatic carbocycles. The lowest BCUT2D eigenvalue weighted by molar-refractivity contribution is 0.315. The van der Waals surface area contributed by atoms with Crippen molar-refractivity contribution >= 4 is 11.8 Å². The van der Waals surface area contributed by atoms with Gasteiger partial charge in [-0.25, -0.2) is 0 Å². The molecule has 1 nitrogen and oxygen atoms in total. The summed E-state index contributed by atoms with van der Waals surface area (Å²) in [6.45, 7) is 4.99. The molecule has 1 unspecified atom stereocenters. The van der Waals surface area contributed by atoms with Crippen molar-refractivity contribution in [1.29, 1.82) is 0 Å². The molecule has 0 N–H and O–H groups in total. The summed E-state index contributed by atoms with van der Waals surface area (Å²) in [4.78, 5) is 1.41. The van der Waals surface area contributed by atoms with Gasteiger partial charge in [0.15, 0.2) is 0 Å². The van der Waals surface area contributed by atoms with Gasteiger partial charge in [0, 0.05) is 10.1 Å². The van der Waals surface area contributed by atoms with E-state index in [1.54, 1.807) is 0 Å². The van der Waals surface area contributed by atoms with E-state index in [9.17, 15) is 0 Å². The van der Waals surface area contributed by atoms with Crippen molar-refractivity contribution in [2.24, 2.45) is 0 Å². The van der Waals surface area contributed by atoms with Gasteiger partial charge in [0.25, 0.3) is 0 Å². The molecule has 2 heteroatoms. The highest BCUT2D eigenvalue weighted by Crippen LogP contribution is 2.37. The minimum atomic E-state index is 0.539. The molecular weight excluding hydrogens is 252 g/mol. The van der Waals surface area contributed by atoms with Gasteiger partial charge in [-0.05, 0) is 49.1 Å². The van der Waals surface area contributed by atoms with E-state index in [4.69, 9.17) is 4.74 Å². The molecule has 1 heterocycles. The van der Waals surface area contributed by atoms with Crippen LogP contribution in [0.25, 0.3) is 0 Å². The lowest BCUT2D eigenvalue weighted by atomic mass is 10.1. The van der Waals surface area contributed by atoms with E-state index in [-0.39, 0.29) is 0 Å². The maximum Gasteiger partial charge on any atom is 0.122 e. The topological polar surface area (TPSA) is 9.23 Å². The quantitative estimate of drug-likeness (QED) is 0.817. The van der Waals surface area contributed by atoms with Crippen molar-refractivity contribution in [3.8, 4) is 5.75 Å². The predicted octanol–water partition coefficient (Wildman–Crippen LogP) is 4.40. The summed E-state index contributed by atoms with van der Waals surface area (Å²) in [7, 11) is 0. The van der Waals surface area contributed by atoms with Crippen molar-refractivity contribution in [2.45, 2.75) is 30.4 Å². The van der Waals surface area contributed by atoms with Gasteiger partial charge in [-0.15, -0.1) is 11.8 Å². The molecule has 1 aliphatic rings. The molecule has 0 spiro atoms. The average molecular weight is 270 g/mol. The number of ether oxygens (including phenoxy) is 1. The number of fused-ring (bicyclic) bond motifs is 1. The van der Waals surface area contributed by atoms with E-state index in [1.165, 1.54) is 21.6 Å². The van der Waals surface area contributed by atoms with Crippen LogP contribution in [0.5, 0.6) is 5.75 Å². The molecule has 0 radical (unpaired) electrons. The molecule has 98 valence electrons. The SMILES string of the molecule is Cc1ccc(C)c(OCC2Cc3ccccc3S2)c1. The van der Waals surface area contributed by atoms with Crippen LogP contribution in [0.2, 0.25) is 0 Å². The van der Waals surface area contributed by atoms with Crippen molar-refractivity contribution in [3.05, 3.63) is 59.2 Å². The van der Waals surface area contributed by atoms with Crippen LogP contribution in [0.4, 0.5) is 0 Å². The van der Waals surface area contributed by atoms with Crippen LogP contribution in [-0.2, 0) is 6.42 Å². The monoisotopic (exact) mass is 270 g/mol. The van der Waals surface area contributed by atoms with Gasteiger partial charge < -0.3 is 4.74 Å². The van der Waals surface area contributed by atoms with Crippen LogP contribution < -0.4 is 4.74 Å². The van der Waals surface area contributed by atoms with Crippen LogP contribution in [0.15, 0.2) is 47.4 Å². The van der Waals surface area contributed by atoms with Crippen molar-refractivity contribution in [3.63, 3.8) is 0 Å². The Hall–Kier alpha value is -1.41. The van der Waals surface area contributed by atoms with E-state index >= 15 is 0 Å². The molecule has 3 rings (SSSR count). The number of thioether (sulfide) groups is 1. The Bertz CT molecular complexity index is 567. The molecule has 0 amide bonds. The van der Waals surface area contributed by atoms with Crippen LogP contribution >= 0.6 is 11.8 Å². The Morgan fingerprint density at radius 1 is 1.16 bits per heavy atom. The fourth-order valence-electron chi connectivity index (χ4n) is 2.39. The molecule has 2 aromatic rings. The zero-order valence-electron chi connectivity index (χ0n) is 11.3. The van der Waals surface area contributed by atoms with E-state index in [1.807, 2.05) is 11.8 Å². The van der Waals surface area contributed by atoms with Crippen LogP contribution in [0.3, 0.4) is 0 Å². The molecule has 19 heavy (non-hydrogen) atoms. The molecule has 1 atom stereocenters.